The molecule has 0 aliphatic carbocycles. The zero-order chi connectivity index (χ0) is 11.6. The topological polar surface area (TPSA) is 168 Å². The third-order valence-electron chi connectivity index (χ3n) is 1.16. The highest BCUT2D eigenvalue weighted by atomic mass is 16.4. The summed E-state index contributed by atoms with van der Waals surface area (Å²) < 4.78 is 0. The summed E-state index contributed by atoms with van der Waals surface area (Å²) in [5.41, 5.74) is 0. The van der Waals surface area contributed by atoms with Gasteiger partial charge >= 0.3 is 18.3 Å². The van der Waals surface area contributed by atoms with Gasteiger partial charge in [-0.05, 0) is 10.4 Å². The molecule has 0 aromatic carbocycles. The molecule has 12 nitrogen and oxygen atoms in total. The van der Waals surface area contributed by atoms with Crippen molar-refractivity contribution in [3.63, 3.8) is 0 Å². The average Bonchev–Trinajstić information content (AvgIpc) is 2.16. The van der Waals surface area contributed by atoms with E-state index < -0.39 is 18.3 Å². The molecule has 0 fully saturated rings. The molecule has 0 bridgehead atoms. The van der Waals surface area contributed by atoms with Crippen LogP contribution in [0.4, 0.5) is 14.4 Å². The molecule has 12 heteroatoms. The van der Waals surface area contributed by atoms with Crippen LogP contribution in [-0.2, 0) is 0 Å². The van der Waals surface area contributed by atoms with Crippen LogP contribution in [0.2, 0.25) is 0 Å². The Labute approximate surface area is 79.2 Å². The minimum Gasteiger partial charge on any atom is -0.462 e. The lowest BCUT2D eigenvalue weighted by molar-refractivity contribution is 0.130. The van der Waals surface area contributed by atoms with Crippen molar-refractivity contribution >= 4 is 18.3 Å². The fraction of sp³-hybridized carbons (Fsp3) is 0. The van der Waals surface area contributed by atoms with Gasteiger partial charge in [0.05, 0.1) is 0 Å². The summed E-state index contributed by atoms with van der Waals surface area (Å²) in [6.07, 6.45) is -5.46. The van der Waals surface area contributed by atoms with Gasteiger partial charge in [-0.1, -0.05) is 14.4 Å². The van der Waals surface area contributed by atoms with E-state index in [1.165, 1.54) is 0 Å². The van der Waals surface area contributed by atoms with Crippen LogP contribution in [-0.4, -0.2) is 63.6 Å². The molecule has 82 valence electrons. The van der Waals surface area contributed by atoms with Crippen molar-refractivity contribution in [2.75, 3.05) is 0 Å². The molecule has 0 atom stereocenters. The van der Waals surface area contributed by atoms with E-state index in [-0.39, 0.29) is 14.4 Å². The molecule has 0 spiro atoms. The Morgan fingerprint density at radius 3 is 2.00 bits per heavy atom. The van der Waals surface area contributed by atoms with Gasteiger partial charge in [0.1, 0.15) is 0 Å². The van der Waals surface area contributed by atoms with E-state index in [2.05, 4.69) is 10.4 Å². The zero-order valence-electron chi connectivity index (χ0n) is 6.80. The van der Waals surface area contributed by atoms with E-state index in [1.54, 1.807) is 5.21 Å². The first-order valence-corrected chi connectivity index (χ1v) is 3.20. The maximum Gasteiger partial charge on any atom is 0.451 e. The van der Waals surface area contributed by atoms with Gasteiger partial charge in [0, 0.05) is 0 Å². The summed E-state index contributed by atoms with van der Waals surface area (Å²) in [6, 6.07) is 0. The van der Waals surface area contributed by atoms with Gasteiger partial charge in [-0.3, -0.25) is 0 Å². The third-order valence-corrected chi connectivity index (χ3v) is 1.16. The van der Waals surface area contributed by atoms with Gasteiger partial charge in [0.2, 0.25) is 0 Å². The number of nitrogens with one attached hydrogen (secondary N) is 1. The van der Waals surface area contributed by atoms with Crippen LogP contribution >= 0.6 is 0 Å². The Hall–Kier alpha value is -2.79. The van der Waals surface area contributed by atoms with Crippen LogP contribution in [0, 0.1) is 0 Å². The molecular weight excluding hydrogens is 216 g/mol. The number of aromatic nitrogens is 6. The molecule has 1 heterocycles. The second kappa shape index (κ2) is 3.52. The molecule has 0 saturated heterocycles. The summed E-state index contributed by atoms with van der Waals surface area (Å²) in [5, 5.41) is 32.9. The van der Waals surface area contributed by atoms with Gasteiger partial charge < -0.3 is 15.3 Å². The van der Waals surface area contributed by atoms with Gasteiger partial charge in [-0.25, -0.2) is 14.4 Å². The van der Waals surface area contributed by atoms with Crippen molar-refractivity contribution in [3.8, 4) is 0 Å². The van der Waals surface area contributed by atoms with E-state index in [1.807, 2.05) is 0 Å². The van der Waals surface area contributed by atoms with Gasteiger partial charge in [-0.15, -0.1) is 0 Å². The fourth-order valence-electron chi connectivity index (χ4n) is 0.679. The van der Waals surface area contributed by atoms with Crippen molar-refractivity contribution < 1.29 is 29.7 Å². The first-order chi connectivity index (χ1) is 6.95. The van der Waals surface area contributed by atoms with Crippen LogP contribution in [0.1, 0.15) is 0 Å². The van der Waals surface area contributed by atoms with Gasteiger partial charge in [0.15, 0.2) is 0 Å². The van der Waals surface area contributed by atoms with Crippen LogP contribution in [0.5, 0.6) is 0 Å². The van der Waals surface area contributed by atoms with Gasteiger partial charge in [-0.2, -0.15) is 5.21 Å². The Balaban J connectivity index is 3.56. The van der Waals surface area contributed by atoms with Gasteiger partial charge in [0.25, 0.3) is 0 Å². The lowest BCUT2D eigenvalue weighted by Crippen LogP contribution is -2.41. The minimum atomic E-state index is -1.87. The molecule has 1 rings (SSSR count). The number of rotatable bonds is 0. The minimum absolute atomic E-state index is 0.0799. The largest absolute Gasteiger partial charge is 0.462 e. The maximum atomic E-state index is 10.6. The number of nitrogens with zero attached hydrogens (tertiary/aromatic N) is 5. The van der Waals surface area contributed by atoms with E-state index in [9.17, 15) is 14.4 Å². The highest BCUT2D eigenvalue weighted by Gasteiger charge is 2.19. The molecule has 15 heavy (non-hydrogen) atoms. The quantitative estimate of drug-likeness (QED) is 0.427. The summed E-state index contributed by atoms with van der Waals surface area (Å²) in [7, 11) is 0. The second-order valence-corrected chi connectivity index (χ2v) is 2.03. The Bertz CT molecular complexity index is 424. The number of aromatic amines is 1. The number of H-pyrrole nitrogens is 1. The first kappa shape index (κ1) is 10.3. The average molecular weight is 220 g/mol. The highest BCUT2D eigenvalue weighted by Crippen LogP contribution is 1.85. The lowest BCUT2D eigenvalue weighted by Gasteiger charge is -2.09. The van der Waals surface area contributed by atoms with Crippen LogP contribution < -0.4 is 0 Å². The standard InChI is InChI=1S/C3H4N6O6/c10-1(11)7-5-4-6-8(2(12)13)9(7)3(14)15/h(H,5,6)(H,10,11)(H,12,13)(H,14,15). The second-order valence-electron chi connectivity index (χ2n) is 2.03. The highest BCUT2D eigenvalue weighted by molar-refractivity contribution is 5.75. The molecule has 1 aromatic rings. The van der Waals surface area contributed by atoms with Crippen molar-refractivity contribution in [2.24, 2.45) is 0 Å². The van der Waals surface area contributed by atoms with E-state index in [4.69, 9.17) is 15.3 Å². The normalized spacial score (nSPS) is 9.60. The molecule has 0 radical (unpaired) electrons. The third kappa shape index (κ3) is 1.77. The molecule has 0 saturated carbocycles. The zero-order valence-corrected chi connectivity index (χ0v) is 6.80. The predicted molar refractivity (Wildman–Crippen MR) is 38.2 cm³/mol. The fourth-order valence-corrected chi connectivity index (χ4v) is 0.679. The number of carboxylic acid groups (broad SMARTS) is 3. The lowest BCUT2D eigenvalue weighted by atomic mass is 11.1. The van der Waals surface area contributed by atoms with Crippen molar-refractivity contribution in [1.29, 1.82) is 0 Å². The van der Waals surface area contributed by atoms with E-state index in [0.717, 1.165) is 0 Å². The Kier molecular flexibility index (Phi) is 2.42. The molecule has 0 aliphatic rings. The molecule has 0 amide bonds. The Morgan fingerprint density at radius 1 is 1.00 bits per heavy atom. The summed E-state index contributed by atoms with van der Waals surface area (Å²) in [6.45, 7) is 0. The first-order valence-electron chi connectivity index (χ1n) is 3.20. The maximum absolute atomic E-state index is 10.6. The molecule has 0 aliphatic heterocycles. The van der Waals surface area contributed by atoms with E-state index >= 15 is 0 Å². The SMILES string of the molecule is O=C(O)n1nn[nH]n(C(=O)O)n1C(=O)O. The number of hydrogen-bond acceptors (Lipinski definition) is 5. The van der Waals surface area contributed by atoms with Crippen molar-refractivity contribution in [2.45, 2.75) is 0 Å². The van der Waals surface area contributed by atoms with Crippen LogP contribution in [0.25, 0.3) is 0 Å². The summed E-state index contributed by atoms with van der Waals surface area (Å²) >= 11 is 0. The van der Waals surface area contributed by atoms with Crippen LogP contribution in [0.15, 0.2) is 0 Å². The number of carbonyl (C=O) groups is 3. The molecule has 1 aromatic heterocycles. The predicted octanol–water partition coefficient (Wildman–Crippen LogP) is -1.09. The van der Waals surface area contributed by atoms with Crippen LogP contribution in [0.3, 0.4) is 0 Å². The smallest absolute Gasteiger partial charge is 0.451 e. The van der Waals surface area contributed by atoms with Crippen molar-refractivity contribution in [3.05, 3.63) is 0 Å². The van der Waals surface area contributed by atoms with Crippen molar-refractivity contribution in [1.82, 2.24) is 30.0 Å². The molecular formula is C3H4N6O6. The Morgan fingerprint density at radius 2 is 1.60 bits per heavy atom. The summed E-state index contributed by atoms with van der Waals surface area (Å²) in [4.78, 5) is 31.0. The molecule has 4 N–H and O–H groups in total. The summed E-state index contributed by atoms with van der Waals surface area (Å²) in [5.74, 6) is 0. The van der Waals surface area contributed by atoms with E-state index in [0.29, 0.717) is 0 Å². The monoisotopic (exact) mass is 220 g/mol. The number of hydrogen-bond donors (Lipinski definition) is 4. The molecule has 0 unspecified atom stereocenters.